The summed E-state index contributed by atoms with van der Waals surface area (Å²) < 4.78 is 2.22. The zero-order valence-corrected chi connectivity index (χ0v) is 18.9. The highest BCUT2D eigenvalue weighted by atomic mass is 32.1. The molecule has 6 nitrogen and oxygen atoms in total. The smallest absolute Gasteiger partial charge is 0.193 e. The number of pyridine rings is 2. The molecule has 4 aromatic heterocycles. The number of hydrogen-bond acceptors (Lipinski definition) is 5. The number of aryl methyl sites for hydroxylation is 1. The summed E-state index contributed by atoms with van der Waals surface area (Å²) in [5.41, 5.74) is 5.48. The minimum absolute atomic E-state index is 0.00989. The molecule has 156 valence electrons. The lowest BCUT2D eigenvalue weighted by Gasteiger charge is -2.27. The van der Waals surface area contributed by atoms with Gasteiger partial charge in [-0.2, -0.15) is 0 Å². The van der Waals surface area contributed by atoms with Gasteiger partial charge in [0.2, 0.25) is 0 Å². The molecule has 1 aliphatic heterocycles. The summed E-state index contributed by atoms with van der Waals surface area (Å²) in [5.74, 6) is 0. The fourth-order valence-corrected chi connectivity index (χ4v) is 5.34. The molecule has 0 bridgehead atoms. The average Bonchev–Trinajstić information content (AvgIpc) is 3.49. The number of thiocarbonyl (C=S) groups is 1. The van der Waals surface area contributed by atoms with Crippen LogP contribution >= 0.6 is 23.6 Å². The van der Waals surface area contributed by atoms with E-state index in [1.165, 1.54) is 5.56 Å². The van der Waals surface area contributed by atoms with Crippen molar-refractivity contribution in [3.63, 3.8) is 0 Å². The second kappa shape index (κ2) is 8.20. The van der Waals surface area contributed by atoms with Crippen molar-refractivity contribution in [3.8, 4) is 5.13 Å². The standard InChI is InChI=1S/C23H22N6S2/c1-15-13-18(16(2)29(15)23-26-11-12-31-23)21-20(19-8-4-6-10-25-19)27-22(30)28(21)14-17-7-3-5-9-24-17/h3-13,20-21H,14H2,1-2H3,(H,27,30)/t20-,21-/m0/s1. The van der Waals surface area contributed by atoms with Gasteiger partial charge in [-0.15, -0.1) is 11.3 Å². The molecule has 0 amide bonds. The minimum Gasteiger partial charge on any atom is -0.352 e. The summed E-state index contributed by atoms with van der Waals surface area (Å²) in [6.07, 6.45) is 5.49. The van der Waals surface area contributed by atoms with Crippen LogP contribution in [0, 0.1) is 13.8 Å². The molecule has 5 heterocycles. The molecule has 2 atom stereocenters. The summed E-state index contributed by atoms with van der Waals surface area (Å²) in [7, 11) is 0. The van der Waals surface area contributed by atoms with Gasteiger partial charge in [-0.1, -0.05) is 12.1 Å². The molecule has 0 radical (unpaired) electrons. The van der Waals surface area contributed by atoms with Crippen LogP contribution in [0.25, 0.3) is 5.13 Å². The summed E-state index contributed by atoms with van der Waals surface area (Å²) in [5, 5.41) is 7.21. The van der Waals surface area contributed by atoms with Gasteiger partial charge in [0.25, 0.3) is 0 Å². The van der Waals surface area contributed by atoms with Crippen molar-refractivity contribution in [2.75, 3.05) is 0 Å². The quantitative estimate of drug-likeness (QED) is 0.455. The Kier molecular flexibility index (Phi) is 5.25. The number of nitrogens with one attached hydrogen (secondary N) is 1. The van der Waals surface area contributed by atoms with Crippen LogP contribution in [0.5, 0.6) is 0 Å². The molecule has 8 heteroatoms. The summed E-state index contributed by atoms with van der Waals surface area (Å²) >= 11 is 7.43. The van der Waals surface area contributed by atoms with E-state index < -0.39 is 0 Å². The van der Waals surface area contributed by atoms with Gasteiger partial charge >= 0.3 is 0 Å². The van der Waals surface area contributed by atoms with Gasteiger partial charge in [-0.25, -0.2) is 4.98 Å². The zero-order valence-electron chi connectivity index (χ0n) is 17.3. The summed E-state index contributed by atoms with van der Waals surface area (Å²) in [6.45, 7) is 4.90. The third kappa shape index (κ3) is 3.62. The molecule has 1 fully saturated rings. The Morgan fingerprint density at radius 2 is 1.84 bits per heavy atom. The molecular formula is C23H22N6S2. The van der Waals surface area contributed by atoms with E-state index in [0.29, 0.717) is 11.7 Å². The molecule has 0 spiro atoms. The van der Waals surface area contributed by atoms with Gasteiger partial charge in [-0.05, 0) is 62.0 Å². The molecular weight excluding hydrogens is 424 g/mol. The first-order valence-corrected chi connectivity index (χ1v) is 11.4. The molecule has 1 N–H and O–H groups in total. The maximum absolute atomic E-state index is 5.80. The maximum Gasteiger partial charge on any atom is 0.193 e. The average molecular weight is 447 g/mol. The van der Waals surface area contributed by atoms with Crippen molar-refractivity contribution < 1.29 is 0 Å². The van der Waals surface area contributed by atoms with Crippen molar-refractivity contribution in [1.29, 1.82) is 0 Å². The Morgan fingerprint density at radius 1 is 1.03 bits per heavy atom. The van der Waals surface area contributed by atoms with Gasteiger partial charge in [0.15, 0.2) is 10.2 Å². The third-order valence-corrected chi connectivity index (χ3v) is 6.76. The number of thiazole rings is 1. The highest BCUT2D eigenvalue weighted by molar-refractivity contribution is 7.80. The SMILES string of the molecule is Cc1cc([C@H]2[C@H](c3ccccn3)NC(=S)N2Cc2ccccn2)c(C)n1-c1nccs1. The molecule has 5 rings (SSSR count). The van der Waals surface area contributed by atoms with Gasteiger partial charge in [-0.3, -0.25) is 14.5 Å². The fourth-order valence-electron chi connectivity index (χ4n) is 4.29. The number of rotatable bonds is 5. The Balaban J connectivity index is 1.62. The van der Waals surface area contributed by atoms with Crippen LogP contribution in [0.3, 0.4) is 0 Å². The first-order chi connectivity index (χ1) is 15.1. The van der Waals surface area contributed by atoms with E-state index in [-0.39, 0.29) is 12.1 Å². The van der Waals surface area contributed by atoms with Crippen molar-refractivity contribution >= 4 is 28.7 Å². The zero-order chi connectivity index (χ0) is 21.4. The second-order valence-corrected chi connectivity index (χ2v) is 8.81. The fraction of sp³-hybridized carbons (Fsp3) is 0.217. The van der Waals surface area contributed by atoms with Gasteiger partial charge in [0.05, 0.1) is 30.0 Å². The van der Waals surface area contributed by atoms with Crippen LogP contribution < -0.4 is 5.32 Å². The predicted octanol–water partition coefficient (Wildman–Crippen LogP) is 4.51. The topological polar surface area (TPSA) is 58.9 Å². The predicted molar refractivity (Wildman–Crippen MR) is 126 cm³/mol. The lowest BCUT2D eigenvalue weighted by molar-refractivity contribution is 0.307. The Morgan fingerprint density at radius 3 is 2.52 bits per heavy atom. The molecule has 0 aliphatic carbocycles. The van der Waals surface area contributed by atoms with Crippen LogP contribution in [0.2, 0.25) is 0 Å². The first kappa shape index (κ1) is 19.8. The Labute approximate surface area is 190 Å². The first-order valence-electron chi connectivity index (χ1n) is 10.1. The van der Waals surface area contributed by atoms with Gasteiger partial charge in [0, 0.05) is 35.4 Å². The molecule has 1 saturated heterocycles. The highest BCUT2D eigenvalue weighted by Crippen LogP contribution is 2.42. The number of nitrogens with zero attached hydrogens (tertiary/aromatic N) is 5. The van der Waals surface area contributed by atoms with Crippen molar-refractivity contribution in [1.82, 2.24) is 29.7 Å². The molecule has 0 unspecified atom stereocenters. The molecule has 4 aromatic rings. The molecule has 0 saturated carbocycles. The third-order valence-electron chi connectivity index (χ3n) is 5.66. The van der Waals surface area contributed by atoms with E-state index in [4.69, 9.17) is 12.2 Å². The Bertz CT molecular complexity index is 1190. The van der Waals surface area contributed by atoms with Crippen molar-refractivity contribution in [3.05, 3.63) is 94.8 Å². The lowest BCUT2D eigenvalue weighted by atomic mass is 9.96. The largest absolute Gasteiger partial charge is 0.352 e. The lowest BCUT2D eigenvalue weighted by Crippen LogP contribution is -2.29. The molecule has 31 heavy (non-hydrogen) atoms. The van der Waals surface area contributed by atoms with E-state index in [9.17, 15) is 0 Å². The highest BCUT2D eigenvalue weighted by Gasteiger charge is 2.41. The van der Waals surface area contributed by atoms with E-state index in [1.807, 2.05) is 54.3 Å². The monoisotopic (exact) mass is 446 g/mol. The summed E-state index contributed by atoms with van der Waals surface area (Å²) in [6, 6.07) is 14.2. The van der Waals surface area contributed by atoms with E-state index in [0.717, 1.165) is 27.9 Å². The minimum atomic E-state index is -0.0531. The summed E-state index contributed by atoms with van der Waals surface area (Å²) in [4.78, 5) is 15.9. The Hall–Kier alpha value is -3.10. The normalized spacial score (nSPS) is 18.4. The second-order valence-electron chi connectivity index (χ2n) is 7.55. The van der Waals surface area contributed by atoms with Crippen LogP contribution in [0.15, 0.2) is 66.4 Å². The maximum atomic E-state index is 5.80. The van der Waals surface area contributed by atoms with Crippen LogP contribution in [0.4, 0.5) is 0 Å². The number of aromatic nitrogens is 4. The number of hydrogen-bond donors (Lipinski definition) is 1. The van der Waals surface area contributed by atoms with E-state index >= 15 is 0 Å². The molecule has 1 aliphatic rings. The van der Waals surface area contributed by atoms with E-state index in [1.54, 1.807) is 11.3 Å². The van der Waals surface area contributed by atoms with Gasteiger partial charge < -0.3 is 10.2 Å². The van der Waals surface area contributed by atoms with Crippen LogP contribution in [0.1, 0.15) is 40.4 Å². The van der Waals surface area contributed by atoms with Crippen LogP contribution in [-0.4, -0.2) is 29.5 Å². The van der Waals surface area contributed by atoms with Crippen LogP contribution in [-0.2, 0) is 6.54 Å². The van der Waals surface area contributed by atoms with E-state index in [2.05, 4.69) is 55.7 Å². The molecule has 0 aromatic carbocycles. The van der Waals surface area contributed by atoms with Crippen molar-refractivity contribution in [2.45, 2.75) is 32.5 Å². The van der Waals surface area contributed by atoms with Crippen molar-refractivity contribution in [2.24, 2.45) is 0 Å². The van der Waals surface area contributed by atoms with Gasteiger partial charge in [0.1, 0.15) is 0 Å².